The van der Waals surface area contributed by atoms with E-state index in [1.807, 2.05) is 19.9 Å². The van der Waals surface area contributed by atoms with Crippen molar-refractivity contribution < 1.29 is 14.3 Å². The Labute approximate surface area is 160 Å². The van der Waals surface area contributed by atoms with E-state index in [2.05, 4.69) is 22.8 Å². The Morgan fingerprint density at radius 3 is 2.63 bits per heavy atom. The monoisotopic (exact) mass is 369 g/mol. The summed E-state index contributed by atoms with van der Waals surface area (Å²) in [5.74, 6) is 0.274. The van der Waals surface area contributed by atoms with Gasteiger partial charge in [0, 0.05) is 5.56 Å². The number of carbonyl (C=O) groups is 2. The molecular weight excluding hydrogens is 342 g/mol. The number of nitrogens with zero attached hydrogens (tertiary/aromatic N) is 1. The summed E-state index contributed by atoms with van der Waals surface area (Å²) in [7, 11) is 0. The van der Waals surface area contributed by atoms with Crippen LogP contribution in [0, 0.1) is 17.2 Å². The van der Waals surface area contributed by atoms with Gasteiger partial charge in [-0.3, -0.25) is 9.59 Å². The van der Waals surface area contributed by atoms with E-state index < -0.39 is 6.04 Å². The fourth-order valence-corrected chi connectivity index (χ4v) is 2.93. The maximum absolute atomic E-state index is 12.5. The minimum atomic E-state index is -0.672. The van der Waals surface area contributed by atoms with Crippen molar-refractivity contribution in [2.75, 3.05) is 6.54 Å². The Morgan fingerprint density at radius 2 is 2.04 bits per heavy atom. The Hall–Kier alpha value is -2.81. The second-order valence-electron chi connectivity index (χ2n) is 7.07. The van der Waals surface area contributed by atoms with Crippen LogP contribution in [0.4, 0.5) is 0 Å². The van der Waals surface area contributed by atoms with Crippen LogP contribution < -0.4 is 15.4 Å². The van der Waals surface area contributed by atoms with Crippen LogP contribution in [0.2, 0.25) is 0 Å². The predicted molar refractivity (Wildman–Crippen MR) is 103 cm³/mol. The van der Waals surface area contributed by atoms with Crippen LogP contribution in [0.3, 0.4) is 0 Å². The van der Waals surface area contributed by atoms with Gasteiger partial charge in [-0.05, 0) is 61.9 Å². The van der Waals surface area contributed by atoms with E-state index in [4.69, 9.17) is 10.00 Å². The van der Waals surface area contributed by atoms with Gasteiger partial charge < -0.3 is 15.4 Å². The normalized spacial score (nSPS) is 17.0. The fourth-order valence-electron chi connectivity index (χ4n) is 2.93. The van der Waals surface area contributed by atoms with E-state index in [0.29, 0.717) is 17.7 Å². The molecule has 0 spiro atoms. The largest absolute Gasteiger partial charge is 0.486 e. The zero-order chi connectivity index (χ0) is 19.6. The highest BCUT2D eigenvalue weighted by Gasteiger charge is 2.22. The molecule has 144 valence electrons. The predicted octanol–water partition coefficient (Wildman–Crippen LogP) is 2.96. The molecule has 0 saturated carbocycles. The van der Waals surface area contributed by atoms with Gasteiger partial charge in [0.2, 0.25) is 5.91 Å². The molecule has 0 aliphatic heterocycles. The third-order valence-electron chi connectivity index (χ3n) is 4.28. The summed E-state index contributed by atoms with van der Waals surface area (Å²) in [4.78, 5) is 24.7. The lowest BCUT2D eigenvalue weighted by atomic mass is 10.0. The van der Waals surface area contributed by atoms with Crippen molar-refractivity contribution in [3.63, 3.8) is 0 Å². The summed E-state index contributed by atoms with van der Waals surface area (Å²) in [6.45, 7) is 3.87. The molecule has 0 heterocycles. The maximum atomic E-state index is 12.5. The van der Waals surface area contributed by atoms with Gasteiger partial charge in [-0.2, -0.15) is 5.26 Å². The summed E-state index contributed by atoms with van der Waals surface area (Å²) in [6, 6.07) is 8.12. The molecule has 1 aromatic carbocycles. The highest BCUT2D eigenvalue weighted by Crippen LogP contribution is 2.19. The number of ether oxygens (including phenoxy) is 1. The van der Waals surface area contributed by atoms with Gasteiger partial charge in [0.15, 0.2) is 0 Å². The smallest absolute Gasteiger partial charge is 0.251 e. The number of hydrogen-bond acceptors (Lipinski definition) is 4. The number of rotatable bonds is 8. The molecule has 2 amide bonds. The Bertz CT molecular complexity index is 704. The van der Waals surface area contributed by atoms with Crippen LogP contribution in [0.5, 0.6) is 5.75 Å². The molecule has 0 radical (unpaired) electrons. The summed E-state index contributed by atoms with van der Waals surface area (Å²) in [5.41, 5.74) is 0.461. The van der Waals surface area contributed by atoms with Crippen molar-refractivity contribution in [3.8, 4) is 11.8 Å². The second-order valence-corrected chi connectivity index (χ2v) is 7.07. The zero-order valence-electron chi connectivity index (χ0n) is 15.9. The number of allylic oxidation sites excluding steroid dienone is 1. The lowest BCUT2D eigenvalue weighted by Gasteiger charge is -2.20. The molecular formula is C21H27N3O3. The quantitative estimate of drug-likeness (QED) is 0.544. The van der Waals surface area contributed by atoms with E-state index in [-0.39, 0.29) is 30.4 Å². The first-order chi connectivity index (χ1) is 13.0. The van der Waals surface area contributed by atoms with Gasteiger partial charge in [-0.15, -0.1) is 0 Å². The van der Waals surface area contributed by atoms with Crippen molar-refractivity contribution in [2.45, 2.75) is 51.7 Å². The first kappa shape index (κ1) is 20.5. The van der Waals surface area contributed by atoms with Gasteiger partial charge in [-0.25, -0.2) is 0 Å². The maximum Gasteiger partial charge on any atom is 0.251 e. The van der Waals surface area contributed by atoms with Gasteiger partial charge in [0.25, 0.3) is 5.91 Å². The van der Waals surface area contributed by atoms with Crippen LogP contribution >= 0.6 is 0 Å². The van der Waals surface area contributed by atoms with Crippen molar-refractivity contribution in [3.05, 3.63) is 42.0 Å². The minimum Gasteiger partial charge on any atom is -0.486 e. The lowest BCUT2D eigenvalue weighted by molar-refractivity contribution is -0.123. The zero-order valence-corrected chi connectivity index (χ0v) is 15.9. The van der Waals surface area contributed by atoms with Gasteiger partial charge in [0.05, 0.1) is 6.07 Å². The van der Waals surface area contributed by atoms with Crippen LogP contribution in [0.1, 0.15) is 49.9 Å². The summed E-state index contributed by atoms with van der Waals surface area (Å²) in [5, 5.41) is 13.9. The minimum absolute atomic E-state index is 0.0784. The average molecular weight is 369 g/mol. The summed E-state index contributed by atoms with van der Waals surface area (Å²) >= 11 is 0. The molecule has 1 unspecified atom stereocenters. The first-order valence-electron chi connectivity index (χ1n) is 9.38. The molecule has 1 aromatic rings. The molecule has 6 heteroatoms. The molecule has 27 heavy (non-hydrogen) atoms. The third-order valence-corrected chi connectivity index (χ3v) is 4.28. The number of benzene rings is 1. The number of amides is 2. The van der Waals surface area contributed by atoms with Crippen molar-refractivity contribution in [1.29, 1.82) is 5.26 Å². The molecule has 2 atom stereocenters. The molecule has 0 fully saturated rings. The molecule has 0 bridgehead atoms. The van der Waals surface area contributed by atoms with Crippen molar-refractivity contribution in [1.82, 2.24) is 10.6 Å². The average Bonchev–Trinajstić information content (AvgIpc) is 2.66. The number of hydrogen-bond donors (Lipinski definition) is 2. The highest BCUT2D eigenvalue weighted by molar-refractivity contribution is 5.97. The van der Waals surface area contributed by atoms with E-state index in [9.17, 15) is 9.59 Å². The van der Waals surface area contributed by atoms with Gasteiger partial charge >= 0.3 is 0 Å². The van der Waals surface area contributed by atoms with E-state index in [0.717, 1.165) is 19.3 Å². The summed E-state index contributed by atoms with van der Waals surface area (Å²) < 4.78 is 5.89. The standard InChI is InChI=1S/C21H27N3O3/c1-15(2)14-19(21(26)23-13-12-22)24-20(25)16-8-10-18(11-9-16)27-17-6-4-3-5-7-17/h4,6,8-11,15,17,19H,3,5,7,13-14H2,1-2H3,(H,23,26)(H,24,25)/t17?,19-/m0/s1. The number of carbonyl (C=O) groups excluding carboxylic acids is 2. The van der Waals surface area contributed by atoms with Crippen LogP contribution in [0.25, 0.3) is 0 Å². The second kappa shape index (κ2) is 10.4. The van der Waals surface area contributed by atoms with Crippen molar-refractivity contribution >= 4 is 11.8 Å². The fraction of sp³-hybridized carbons (Fsp3) is 0.476. The third kappa shape index (κ3) is 6.78. The topological polar surface area (TPSA) is 91.2 Å². The van der Waals surface area contributed by atoms with E-state index in [1.165, 1.54) is 0 Å². The van der Waals surface area contributed by atoms with Crippen LogP contribution in [-0.4, -0.2) is 30.5 Å². The van der Waals surface area contributed by atoms with Gasteiger partial charge in [0.1, 0.15) is 24.4 Å². The van der Waals surface area contributed by atoms with Gasteiger partial charge in [-0.1, -0.05) is 19.9 Å². The summed E-state index contributed by atoms with van der Waals surface area (Å²) in [6.07, 6.45) is 7.98. The number of nitriles is 1. The van der Waals surface area contributed by atoms with Crippen LogP contribution in [0.15, 0.2) is 36.4 Å². The van der Waals surface area contributed by atoms with Crippen LogP contribution in [-0.2, 0) is 4.79 Å². The molecule has 6 nitrogen and oxygen atoms in total. The first-order valence-corrected chi connectivity index (χ1v) is 9.38. The Kier molecular flexibility index (Phi) is 7.87. The van der Waals surface area contributed by atoms with E-state index >= 15 is 0 Å². The Morgan fingerprint density at radius 1 is 1.30 bits per heavy atom. The van der Waals surface area contributed by atoms with Crippen molar-refractivity contribution in [2.24, 2.45) is 5.92 Å². The Balaban J connectivity index is 1.97. The van der Waals surface area contributed by atoms with E-state index in [1.54, 1.807) is 24.3 Å². The lowest BCUT2D eigenvalue weighted by Crippen LogP contribution is -2.47. The SMILES string of the molecule is CC(C)C[C@H](NC(=O)c1ccc(OC2C=CCCC2)cc1)C(=O)NCC#N. The highest BCUT2D eigenvalue weighted by atomic mass is 16.5. The molecule has 2 rings (SSSR count). The molecule has 1 aliphatic carbocycles. The number of nitrogens with one attached hydrogen (secondary N) is 2. The molecule has 1 aliphatic rings. The molecule has 2 N–H and O–H groups in total. The molecule has 0 saturated heterocycles. The molecule has 0 aromatic heterocycles.